The van der Waals surface area contributed by atoms with Gasteiger partial charge < -0.3 is 9.88 Å². The van der Waals surface area contributed by atoms with E-state index in [4.69, 9.17) is 0 Å². The summed E-state index contributed by atoms with van der Waals surface area (Å²) in [5.41, 5.74) is 0. The molecule has 2 rings (SSSR count). The Kier molecular flexibility index (Phi) is 4.60. The van der Waals surface area contributed by atoms with Crippen molar-refractivity contribution in [3.63, 3.8) is 0 Å². The molecule has 96 valence electrons. The molecule has 1 aromatic heterocycles. The van der Waals surface area contributed by atoms with Crippen LogP contribution < -0.4 is 5.32 Å². The number of nitrogens with zero attached hydrogens (tertiary/aromatic N) is 2. The molecule has 1 saturated carbocycles. The van der Waals surface area contributed by atoms with Crippen LogP contribution in [0.3, 0.4) is 0 Å². The average molecular weight is 235 g/mol. The van der Waals surface area contributed by atoms with Crippen LogP contribution in [-0.2, 0) is 6.54 Å². The zero-order valence-electron chi connectivity index (χ0n) is 11.1. The fourth-order valence-electron chi connectivity index (χ4n) is 2.98. The zero-order chi connectivity index (χ0) is 12.1. The van der Waals surface area contributed by atoms with Gasteiger partial charge >= 0.3 is 0 Å². The number of imidazole rings is 1. The van der Waals surface area contributed by atoms with Crippen LogP contribution in [0.15, 0.2) is 18.7 Å². The molecule has 0 aliphatic heterocycles. The quantitative estimate of drug-likeness (QED) is 0.850. The van der Waals surface area contributed by atoms with Gasteiger partial charge in [0.2, 0.25) is 0 Å². The normalized spacial score (nSPS) is 21.3. The molecule has 0 aromatic carbocycles. The minimum Gasteiger partial charge on any atom is -0.336 e. The van der Waals surface area contributed by atoms with Crippen LogP contribution in [0.25, 0.3) is 0 Å². The molecule has 1 aromatic rings. The molecule has 1 aliphatic rings. The maximum absolute atomic E-state index is 4.08. The summed E-state index contributed by atoms with van der Waals surface area (Å²) in [7, 11) is 0. The van der Waals surface area contributed by atoms with Crippen LogP contribution in [0, 0.1) is 5.92 Å². The molecule has 1 fully saturated rings. The lowest BCUT2D eigenvalue weighted by Crippen LogP contribution is -2.42. The Balaban J connectivity index is 1.75. The van der Waals surface area contributed by atoms with Crippen LogP contribution in [-0.4, -0.2) is 21.6 Å². The van der Waals surface area contributed by atoms with Gasteiger partial charge in [-0.3, -0.25) is 0 Å². The average Bonchev–Trinajstić information content (AvgIpc) is 2.82. The number of rotatable bonds is 5. The fraction of sp³-hybridized carbons (Fsp3) is 0.786. The third-order valence-electron chi connectivity index (χ3n) is 3.95. The third kappa shape index (κ3) is 3.84. The van der Waals surface area contributed by atoms with E-state index in [0.717, 1.165) is 12.5 Å². The summed E-state index contributed by atoms with van der Waals surface area (Å²) >= 11 is 0. The first kappa shape index (κ1) is 12.6. The lowest BCUT2D eigenvalue weighted by Gasteiger charge is -2.30. The fourth-order valence-corrected chi connectivity index (χ4v) is 2.98. The standard InChI is InChI=1S/C14H25N3/c1-12(10-17-9-8-15-11-17)16-13(2)14-6-4-3-5-7-14/h8-9,11-14,16H,3-7,10H2,1-2H3. The van der Waals surface area contributed by atoms with Crippen LogP contribution in [0.2, 0.25) is 0 Å². The predicted octanol–water partition coefficient (Wildman–Crippen LogP) is 2.83. The molecule has 2 atom stereocenters. The summed E-state index contributed by atoms with van der Waals surface area (Å²) < 4.78 is 2.14. The molecule has 3 heteroatoms. The largest absolute Gasteiger partial charge is 0.336 e. The van der Waals surface area contributed by atoms with Gasteiger partial charge in [-0.15, -0.1) is 0 Å². The van der Waals surface area contributed by atoms with E-state index >= 15 is 0 Å². The van der Waals surface area contributed by atoms with Crippen molar-refractivity contribution in [2.24, 2.45) is 5.92 Å². The number of nitrogens with one attached hydrogen (secondary N) is 1. The van der Waals surface area contributed by atoms with E-state index in [-0.39, 0.29) is 0 Å². The second-order valence-electron chi connectivity index (χ2n) is 5.51. The molecule has 1 aliphatic carbocycles. The second kappa shape index (κ2) is 6.20. The molecular weight excluding hydrogens is 210 g/mol. The van der Waals surface area contributed by atoms with E-state index in [2.05, 4.69) is 28.7 Å². The Hall–Kier alpha value is -0.830. The molecule has 0 radical (unpaired) electrons. The minimum absolute atomic E-state index is 0.515. The molecule has 1 N–H and O–H groups in total. The van der Waals surface area contributed by atoms with Crippen molar-refractivity contribution < 1.29 is 0 Å². The van der Waals surface area contributed by atoms with Crippen molar-refractivity contribution in [3.8, 4) is 0 Å². The van der Waals surface area contributed by atoms with Crippen LogP contribution >= 0.6 is 0 Å². The maximum atomic E-state index is 4.08. The van der Waals surface area contributed by atoms with Gasteiger partial charge in [0, 0.05) is 31.0 Å². The van der Waals surface area contributed by atoms with Crippen molar-refractivity contribution in [1.82, 2.24) is 14.9 Å². The van der Waals surface area contributed by atoms with Crippen molar-refractivity contribution in [1.29, 1.82) is 0 Å². The lowest BCUT2D eigenvalue weighted by atomic mass is 9.84. The Morgan fingerprint density at radius 3 is 2.71 bits per heavy atom. The van der Waals surface area contributed by atoms with Gasteiger partial charge in [0.25, 0.3) is 0 Å². The summed E-state index contributed by atoms with van der Waals surface area (Å²) in [6.07, 6.45) is 12.9. The van der Waals surface area contributed by atoms with E-state index in [0.29, 0.717) is 12.1 Å². The van der Waals surface area contributed by atoms with E-state index in [1.807, 2.05) is 18.7 Å². The van der Waals surface area contributed by atoms with Gasteiger partial charge in [-0.05, 0) is 32.6 Å². The molecule has 0 amide bonds. The zero-order valence-corrected chi connectivity index (χ0v) is 11.1. The smallest absolute Gasteiger partial charge is 0.0946 e. The highest BCUT2D eigenvalue weighted by Gasteiger charge is 2.20. The van der Waals surface area contributed by atoms with E-state index in [9.17, 15) is 0 Å². The first-order valence-corrected chi connectivity index (χ1v) is 6.97. The van der Waals surface area contributed by atoms with Crippen molar-refractivity contribution in [3.05, 3.63) is 18.7 Å². The molecular formula is C14H25N3. The maximum Gasteiger partial charge on any atom is 0.0946 e. The highest BCUT2D eigenvalue weighted by Crippen LogP contribution is 2.26. The van der Waals surface area contributed by atoms with Gasteiger partial charge in [-0.2, -0.15) is 0 Å². The van der Waals surface area contributed by atoms with Gasteiger partial charge in [-0.1, -0.05) is 19.3 Å². The highest BCUT2D eigenvalue weighted by molar-refractivity contribution is 4.80. The molecule has 3 nitrogen and oxygen atoms in total. The van der Waals surface area contributed by atoms with Crippen molar-refractivity contribution in [2.75, 3.05) is 0 Å². The molecule has 1 heterocycles. The summed E-state index contributed by atoms with van der Waals surface area (Å²) in [6, 6.07) is 1.16. The molecule has 0 spiro atoms. The highest BCUT2D eigenvalue weighted by atomic mass is 15.1. The third-order valence-corrected chi connectivity index (χ3v) is 3.95. The topological polar surface area (TPSA) is 29.9 Å². The Bertz CT molecular complexity index is 301. The van der Waals surface area contributed by atoms with E-state index < -0.39 is 0 Å². The van der Waals surface area contributed by atoms with Crippen LogP contribution in [0.4, 0.5) is 0 Å². The Morgan fingerprint density at radius 2 is 2.06 bits per heavy atom. The minimum atomic E-state index is 0.515. The molecule has 17 heavy (non-hydrogen) atoms. The van der Waals surface area contributed by atoms with Gasteiger partial charge in [0.1, 0.15) is 0 Å². The summed E-state index contributed by atoms with van der Waals surface area (Å²) in [4.78, 5) is 4.08. The van der Waals surface area contributed by atoms with Crippen LogP contribution in [0.1, 0.15) is 46.0 Å². The monoisotopic (exact) mass is 235 g/mol. The van der Waals surface area contributed by atoms with E-state index in [1.54, 1.807) is 0 Å². The molecule has 2 unspecified atom stereocenters. The number of aromatic nitrogens is 2. The lowest BCUT2D eigenvalue weighted by molar-refractivity contribution is 0.261. The predicted molar refractivity (Wildman–Crippen MR) is 70.9 cm³/mol. The number of hydrogen-bond acceptors (Lipinski definition) is 2. The first-order valence-electron chi connectivity index (χ1n) is 6.97. The van der Waals surface area contributed by atoms with Crippen molar-refractivity contribution >= 4 is 0 Å². The van der Waals surface area contributed by atoms with Gasteiger partial charge in [0.05, 0.1) is 6.33 Å². The number of hydrogen-bond donors (Lipinski definition) is 1. The Labute approximate surface area is 105 Å². The second-order valence-corrected chi connectivity index (χ2v) is 5.51. The van der Waals surface area contributed by atoms with Gasteiger partial charge in [-0.25, -0.2) is 4.98 Å². The van der Waals surface area contributed by atoms with Crippen LogP contribution in [0.5, 0.6) is 0 Å². The Morgan fingerprint density at radius 1 is 1.29 bits per heavy atom. The summed E-state index contributed by atoms with van der Waals surface area (Å²) in [5, 5.41) is 3.74. The van der Waals surface area contributed by atoms with Crippen molar-refractivity contribution in [2.45, 2.75) is 64.6 Å². The molecule has 0 bridgehead atoms. The summed E-state index contributed by atoms with van der Waals surface area (Å²) in [6.45, 7) is 5.62. The SMILES string of the molecule is CC(Cn1ccnc1)NC(C)C1CCCCC1. The summed E-state index contributed by atoms with van der Waals surface area (Å²) in [5.74, 6) is 0.883. The van der Waals surface area contributed by atoms with E-state index in [1.165, 1.54) is 32.1 Å². The molecule has 0 saturated heterocycles. The first-order chi connectivity index (χ1) is 8.25. The van der Waals surface area contributed by atoms with Gasteiger partial charge in [0.15, 0.2) is 0 Å².